The molecule has 0 aromatic heterocycles. The molecule has 0 amide bonds. The van der Waals surface area contributed by atoms with E-state index < -0.39 is 0 Å². The standard InChI is InChI=1S/C26H47N5/c1-18(12-15-31-17-30(6)24-22(31)23(27)28-16-29-24)11-14-26(5)19(2)9-10-20-21(26)8-7-13-25(20,3)4/h8,12,19-20,22-24,28-29H,7,9-11,13-17,27H2,1-6H3/t19-,20+,22?,23?,24?,26+/m0/s1. The predicted molar refractivity (Wildman–Crippen MR) is 130 cm³/mol. The van der Waals surface area contributed by atoms with E-state index in [1.165, 1.54) is 44.1 Å². The zero-order valence-electron chi connectivity index (χ0n) is 20.9. The van der Waals surface area contributed by atoms with Gasteiger partial charge in [0.15, 0.2) is 0 Å². The first-order valence-corrected chi connectivity index (χ1v) is 12.7. The van der Waals surface area contributed by atoms with Crippen molar-refractivity contribution in [2.75, 3.05) is 26.9 Å². The second kappa shape index (κ2) is 8.90. The molecule has 31 heavy (non-hydrogen) atoms. The first-order valence-electron chi connectivity index (χ1n) is 12.7. The summed E-state index contributed by atoms with van der Waals surface area (Å²) in [5.74, 6) is 1.57. The van der Waals surface area contributed by atoms with Gasteiger partial charge in [-0.3, -0.25) is 20.4 Å². The molecule has 1 saturated carbocycles. The predicted octanol–water partition coefficient (Wildman–Crippen LogP) is 3.85. The summed E-state index contributed by atoms with van der Waals surface area (Å²) in [4.78, 5) is 4.90. The summed E-state index contributed by atoms with van der Waals surface area (Å²) in [6, 6.07) is 0.328. The van der Waals surface area contributed by atoms with Gasteiger partial charge in [0.05, 0.1) is 25.0 Å². The lowest BCUT2D eigenvalue weighted by molar-refractivity contribution is 0.0812. The highest BCUT2D eigenvalue weighted by atomic mass is 15.5. The van der Waals surface area contributed by atoms with Gasteiger partial charge in [-0.25, -0.2) is 0 Å². The van der Waals surface area contributed by atoms with Crippen molar-refractivity contribution in [1.29, 1.82) is 0 Å². The maximum absolute atomic E-state index is 6.41. The van der Waals surface area contributed by atoms with Crippen LogP contribution in [-0.4, -0.2) is 55.1 Å². The summed E-state index contributed by atoms with van der Waals surface area (Å²) in [5, 5.41) is 6.93. The van der Waals surface area contributed by atoms with Crippen LogP contribution in [0.1, 0.15) is 73.1 Å². The van der Waals surface area contributed by atoms with Gasteiger partial charge < -0.3 is 5.73 Å². The summed E-state index contributed by atoms with van der Waals surface area (Å²) in [6.07, 6.45) is 13.3. The second-order valence-electron chi connectivity index (χ2n) is 11.9. The van der Waals surface area contributed by atoms with Crippen molar-refractivity contribution < 1.29 is 0 Å². The van der Waals surface area contributed by atoms with E-state index in [-0.39, 0.29) is 6.17 Å². The lowest BCUT2D eigenvalue weighted by Crippen LogP contribution is -2.67. The van der Waals surface area contributed by atoms with Gasteiger partial charge in [-0.2, -0.15) is 0 Å². The lowest BCUT2D eigenvalue weighted by atomic mass is 9.52. The Morgan fingerprint density at radius 2 is 2.03 bits per heavy atom. The Hall–Kier alpha value is -0.720. The normalized spacial score (nSPS) is 41.6. The molecule has 0 spiro atoms. The first-order chi connectivity index (χ1) is 14.6. The van der Waals surface area contributed by atoms with Gasteiger partial charge in [-0.15, -0.1) is 0 Å². The van der Waals surface area contributed by atoms with E-state index in [0.717, 1.165) is 31.7 Å². The van der Waals surface area contributed by atoms with Gasteiger partial charge in [0.25, 0.3) is 0 Å². The highest BCUT2D eigenvalue weighted by Crippen LogP contribution is 2.58. The van der Waals surface area contributed by atoms with Crippen LogP contribution in [0.3, 0.4) is 0 Å². The first kappa shape index (κ1) is 23.4. The molecule has 0 bridgehead atoms. The minimum atomic E-state index is 0.0328. The Labute approximate surface area is 190 Å². The molecule has 5 heteroatoms. The monoisotopic (exact) mass is 429 g/mol. The summed E-state index contributed by atoms with van der Waals surface area (Å²) in [5.41, 5.74) is 10.6. The Morgan fingerprint density at radius 1 is 1.26 bits per heavy atom. The van der Waals surface area contributed by atoms with E-state index in [9.17, 15) is 0 Å². The van der Waals surface area contributed by atoms with Gasteiger partial charge >= 0.3 is 0 Å². The number of fused-ring (bicyclic) bond motifs is 2. The molecule has 2 aliphatic carbocycles. The minimum absolute atomic E-state index is 0.0328. The molecule has 176 valence electrons. The van der Waals surface area contributed by atoms with Crippen LogP contribution in [0.4, 0.5) is 0 Å². The molecule has 2 aliphatic heterocycles. The lowest BCUT2D eigenvalue weighted by Gasteiger charge is -2.53. The molecule has 2 saturated heterocycles. The molecule has 0 aromatic rings. The summed E-state index contributed by atoms with van der Waals surface area (Å²) in [6.45, 7) is 15.2. The van der Waals surface area contributed by atoms with Crippen LogP contribution in [0, 0.1) is 22.7 Å². The highest BCUT2D eigenvalue weighted by molar-refractivity contribution is 5.26. The molecule has 3 fully saturated rings. The number of nitrogens with two attached hydrogens (primary N) is 1. The molecule has 6 atom stereocenters. The molecule has 5 nitrogen and oxygen atoms in total. The number of nitrogens with one attached hydrogen (secondary N) is 2. The summed E-state index contributed by atoms with van der Waals surface area (Å²) in [7, 11) is 2.19. The maximum Gasteiger partial charge on any atom is 0.0804 e. The molecule has 2 heterocycles. The van der Waals surface area contributed by atoms with Crippen LogP contribution in [0.2, 0.25) is 0 Å². The topological polar surface area (TPSA) is 56.6 Å². The smallest absolute Gasteiger partial charge is 0.0804 e. The third kappa shape index (κ3) is 4.41. The van der Waals surface area contributed by atoms with E-state index in [1.807, 2.05) is 0 Å². The van der Waals surface area contributed by atoms with Crippen LogP contribution < -0.4 is 16.4 Å². The largest absolute Gasteiger partial charge is 0.314 e. The van der Waals surface area contributed by atoms with E-state index in [4.69, 9.17) is 5.73 Å². The Bertz CT molecular complexity index is 713. The molecule has 0 radical (unpaired) electrons. The summed E-state index contributed by atoms with van der Waals surface area (Å²) >= 11 is 0. The SMILES string of the molecule is CC(=CCN1CN(C)C2NCNC(N)C21)CC[C@@]1(C)C2=CCCC(C)(C)[C@@H]2CC[C@@H]1C. The molecule has 4 rings (SSSR count). The zero-order chi connectivity index (χ0) is 22.4. The molecule has 4 aliphatic rings. The average molecular weight is 430 g/mol. The molecule has 0 aromatic carbocycles. The molecular formula is C26H47N5. The van der Waals surface area contributed by atoms with Crippen LogP contribution in [-0.2, 0) is 0 Å². The number of likely N-dealkylation sites (N-methyl/N-ethyl adjacent to an activating group) is 1. The second-order valence-corrected chi connectivity index (χ2v) is 11.9. The van der Waals surface area contributed by atoms with Gasteiger partial charge in [0, 0.05) is 13.2 Å². The quantitative estimate of drug-likeness (QED) is 0.580. The maximum atomic E-state index is 6.41. The fourth-order valence-electron chi connectivity index (χ4n) is 6.97. The van der Waals surface area contributed by atoms with Crippen molar-refractivity contribution >= 4 is 0 Å². The third-order valence-corrected chi connectivity index (χ3v) is 9.46. The summed E-state index contributed by atoms with van der Waals surface area (Å²) < 4.78 is 0. The Balaban J connectivity index is 1.40. The zero-order valence-corrected chi connectivity index (χ0v) is 20.9. The number of hydrogen-bond acceptors (Lipinski definition) is 5. The van der Waals surface area contributed by atoms with E-state index in [1.54, 1.807) is 5.57 Å². The number of nitrogens with zero attached hydrogens (tertiary/aromatic N) is 2. The highest BCUT2D eigenvalue weighted by Gasteiger charge is 2.47. The van der Waals surface area contributed by atoms with Crippen molar-refractivity contribution in [2.24, 2.45) is 28.4 Å². The molecule has 3 unspecified atom stereocenters. The third-order valence-electron chi connectivity index (χ3n) is 9.46. The number of hydrogen-bond donors (Lipinski definition) is 3. The van der Waals surface area contributed by atoms with Crippen LogP contribution in [0.5, 0.6) is 0 Å². The van der Waals surface area contributed by atoms with Crippen molar-refractivity contribution in [1.82, 2.24) is 20.4 Å². The fourth-order valence-corrected chi connectivity index (χ4v) is 6.97. The van der Waals surface area contributed by atoms with E-state index in [2.05, 4.69) is 74.3 Å². The fraction of sp³-hybridized carbons (Fsp3) is 0.846. The van der Waals surface area contributed by atoms with Gasteiger partial charge in [-0.05, 0) is 75.2 Å². The Morgan fingerprint density at radius 3 is 2.81 bits per heavy atom. The van der Waals surface area contributed by atoms with Crippen LogP contribution in [0.15, 0.2) is 23.3 Å². The minimum Gasteiger partial charge on any atom is -0.314 e. The molecular weight excluding hydrogens is 382 g/mol. The van der Waals surface area contributed by atoms with Gasteiger partial charge in [0.1, 0.15) is 0 Å². The average Bonchev–Trinajstić information content (AvgIpc) is 3.05. The van der Waals surface area contributed by atoms with E-state index in [0.29, 0.717) is 23.0 Å². The van der Waals surface area contributed by atoms with Gasteiger partial charge in [0.2, 0.25) is 0 Å². The van der Waals surface area contributed by atoms with Crippen LogP contribution >= 0.6 is 0 Å². The van der Waals surface area contributed by atoms with Crippen molar-refractivity contribution in [3.05, 3.63) is 23.3 Å². The van der Waals surface area contributed by atoms with Crippen molar-refractivity contribution in [3.8, 4) is 0 Å². The van der Waals surface area contributed by atoms with Gasteiger partial charge in [-0.1, -0.05) is 51.0 Å². The number of rotatable bonds is 5. The van der Waals surface area contributed by atoms with E-state index >= 15 is 0 Å². The number of allylic oxidation sites excluding steroid dienone is 3. The molecule has 4 N–H and O–H groups in total. The van der Waals surface area contributed by atoms with Crippen LogP contribution in [0.25, 0.3) is 0 Å². The van der Waals surface area contributed by atoms with Crippen molar-refractivity contribution in [3.63, 3.8) is 0 Å². The Kier molecular flexibility index (Phi) is 6.73. The van der Waals surface area contributed by atoms with Crippen molar-refractivity contribution in [2.45, 2.75) is 91.5 Å².